The lowest BCUT2D eigenvalue weighted by Crippen LogP contribution is -2.18. The highest BCUT2D eigenvalue weighted by Crippen LogP contribution is 2.38. The topological polar surface area (TPSA) is 46.2 Å². The van der Waals surface area contributed by atoms with Crippen molar-refractivity contribution in [1.29, 1.82) is 0 Å². The number of allylic oxidation sites excluding steroid dienone is 4. The number of hydrogen-bond acceptors (Lipinski definition) is 2. The van der Waals surface area contributed by atoms with Crippen molar-refractivity contribution >= 4 is 11.7 Å². The van der Waals surface area contributed by atoms with Crippen LogP contribution in [0.2, 0.25) is 0 Å². The van der Waals surface area contributed by atoms with Gasteiger partial charge in [-0.15, -0.1) is 0 Å². The smallest absolute Gasteiger partial charge is 0.292 e. The van der Waals surface area contributed by atoms with Crippen LogP contribution < -0.4 is 5.32 Å². The number of carbonyl (C=O) groups excluding carboxylic acids is 2. The summed E-state index contributed by atoms with van der Waals surface area (Å²) in [5.41, 5.74) is -0.459. The highest BCUT2D eigenvalue weighted by molar-refractivity contribution is 6.40. The van der Waals surface area contributed by atoms with Crippen molar-refractivity contribution in [3.8, 4) is 0 Å². The molecule has 1 aliphatic heterocycles. The van der Waals surface area contributed by atoms with Gasteiger partial charge < -0.3 is 5.32 Å². The molecular weight excluding hydrogens is 199 g/mol. The first-order valence-corrected chi connectivity index (χ1v) is 3.81. The number of ketones is 1. The average molecular weight is 203 g/mol. The van der Waals surface area contributed by atoms with Crippen LogP contribution in [-0.2, 0) is 9.59 Å². The molecule has 6 heteroatoms. The van der Waals surface area contributed by atoms with Crippen LogP contribution in [0.1, 0.15) is 6.42 Å². The standard InChI is InChI=1S/C8H4F3NO2/c9-3-1-2-6(5(11)4(3)10)12-8(14)7(2)13/h2H,1H2,(H,12,14). The minimum atomic E-state index is -1.63. The maximum absolute atomic E-state index is 13.0. The molecule has 1 saturated heterocycles. The molecule has 0 radical (unpaired) electrons. The highest BCUT2D eigenvalue weighted by Gasteiger charge is 2.43. The van der Waals surface area contributed by atoms with Crippen molar-refractivity contribution in [2.24, 2.45) is 5.92 Å². The van der Waals surface area contributed by atoms with Gasteiger partial charge in [0.15, 0.2) is 11.7 Å². The van der Waals surface area contributed by atoms with Gasteiger partial charge in [0, 0.05) is 6.42 Å². The maximum atomic E-state index is 13.0. The summed E-state index contributed by atoms with van der Waals surface area (Å²) in [5.74, 6) is -7.63. The van der Waals surface area contributed by atoms with E-state index in [2.05, 4.69) is 0 Å². The quantitative estimate of drug-likeness (QED) is 0.598. The predicted octanol–water partition coefficient (Wildman–Crippen LogP) is 1.04. The lowest BCUT2D eigenvalue weighted by atomic mass is 9.94. The van der Waals surface area contributed by atoms with E-state index in [0.29, 0.717) is 0 Å². The Bertz CT molecular complexity index is 411. The zero-order chi connectivity index (χ0) is 10.5. The van der Waals surface area contributed by atoms with Crippen LogP contribution in [0.3, 0.4) is 0 Å². The molecule has 1 heterocycles. The van der Waals surface area contributed by atoms with Gasteiger partial charge in [-0.1, -0.05) is 0 Å². The Morgan fingerprint density at radius 3 is 2.43 bits per heavy atom. The highest BCUT2D eigenvalue weighted by atomic mass is 19.2. The molecule has 1 fully saturated rings. The third kappa shape index (κ3) is 0.997. The number of amides is 1. The molecule has 1 atom stereocenters. The molecule has 2 aliphatic rings. The van der Waals surface area contributed by atoms with Gasteiger partial charge in [-0.05, 0) is 0 Å². The van der Waals surface area contributed by atoms with Crippen molar-refractivity contribution in [2.45, 2.75) is 6.42 Å². The second-order valence-electron chi connectivity index (χ2n) is 3.02. The van der Waals surface area contributed by atoms with Crippen LogP contribution in [0.4, 0.5) is 13.2 Å². The molecule has 1 aliphatic carbocycles. The molecule has 1 unspecified atom stereocenters. The Morgan fingerprint density at radius 1 is 1.14 bits per heavy atom. The summed E-state index contributed by atoms with van der Waals surface area (Å²) < 4.78 is 38.3. The van der Waals surface area contributed by atoms with E-state index in [0.717, 1.165) is 0 Å². The second-order valence-corrected chi connectivity index (χ2v) is 3.02. The van der Waals surface area contributed by atoms with Crippen LogP contribution in [0.15, 0.2) is 23.2 Å². The Kier molecular flexibility index (Phi) is 1.73. The monoisotopic (exact) mass is 203 g/mol. The fourth-order valence-electron chi connectivity index (χ4n) is 1.47. The van der Waals surface area contributed by atoms with Gasteiger partial charge in [0.1, 0.15) is 5.83 Å². The van der Waals surface area contributed by atoms with Crippen molar-refractivity contribution in [2.75, 3.05) is 0 Å². The van der Waals surface area contributed by atoms with Gasteiger partial charge >= 0.3 is 0 Å². The lowest BCUT2D eigenvalue weighted by Gasteiger charge is -2.14. The molecular formula is C8H4F3NO2. The summed E-state index contributed by atoms with van der Waals surface area (Å²) in [4.78, 5) is 21.8. The van der Waals surface area contributed by atoms with E-state index in [-0.39, 0.29) is 0 Å². The molecule has 0 spiro atoms. The first kappa shape index (κ1) is 8.98. The van der Waals surface area contributed by atoms with E-state index in [9.17, 15) is 22.8 Å². The maximum Gasteiger partial charge on any atom is 0.292 e. The molecule has 0 aromatic carbocycles. The Morgan fingerprint density at radius 2 is 1.79 bits per heavy atom. The van der Waals surface area contributed by atoms with Gasteiger partial charge in [0.2, 0.25) is 5.78 Å². The fourth-order valence-corrected chi connectivity index (χ4v) is 1.47. The fraction of sp³-hybridized carbons (Fsp3) is 0.250. The summed E-state index contributed by atoms with van der Waals surface area (Å²) in [5, 5.41) is 1.88. The molecule has 0 saturated carbocycles. The number of rotatable bonds is 0. The van der Waals surface area contributed by atoms with Gasteiger partial charge in [0.05, 0.1) is 11.6 Å². The van der Waals surface area contributed by atoms with Gasteiger partial charge in [-0.25, -0.2) is 13.2 Å². The normalized spacial score (nSPS) is 26.9. The van der Waals surface area contributed by atoms with Crippen LogP contribution in [0.25, 0.3) is 0 Å². The van der Waals surface area contributed by atoms with Gasteiger partial charge in [0.25, 0.3) is 5.91 Å². The van der Waals surface area contributed by atoms with Crippen molar-refractivity contribution in [3.05, 3.63) is 23.2 Å². The molecule has 2 rings (SSSR count). The van der Waals surface area contributed by atoms with E-state index in [1.807, 2.05) is 5.32 Å². The third-order valence-electron chi connectivity index (χ3n) is 2.19. The molecule has 0 aromatic heterocycles. The van der Waals surface area contributed by atoms with E-state index >= 15 is 0 Å². The number of carbonyl (C=O) groups is 2. The average Bonchev–Trinajstić information content (AvgIpc) is 2.42. The molecule has 3 nitrogen and oxygen atoms in total. The van der Waals surface area contributed by atoms with E-state index in [1.54, 1.807) is 0 Å². The van der Waals surface area contributed by atoms with Crippen LogP contribution in [0.5, 0.6) is 0 Å². The molecule has 1 N–H and O–H groups in total. The Hall–Kier alpha value is -1.59. The van der Waals surface area contributed by atoms with Gasteiger partial charge in [-0.3, -0.25) is 9.59 Å². The van der Waals surface area contributed by atoms with E-state index in [1.165, 1.54) is 0 Å². The first-order valence-electron chi connectivity index (χ1n) is 3.81. The summed E-state index contributed by atoms with van der Waals surface area (Å²) in [7, 11) is 0. The molecule has 1 amide bonds. The van der Waals surface area contributed by atoms with Crippen molar-refractivity contribution in [3.63, 3.8) is 0 Å². The zero-order valence-corrected chi connectivity index (χ0v) is 6.73. The minimum absolute atomic E-state index is 0.459. The van der Waals surface area contributed by atoms with Crippen molar-refractivity contribution in [1.82, 2.24) is 5.32 Å². The SMILES string of the molecule is O=C1NC2=C(F)C(F)=C(F)CC2C1=O. The van der Waals surface area contributed by atoms with E-state index < -0.39 is 47.2 Å². The summed E-state index contributed by atoms with van der Waals surface area (Å²) >= 11 is 0. The second kappa shape index (κ2) is 2.70. The minimum Gasteiger partial charge on any atom is -0.320 e. The Labute approximate surface area is 76.3 Å². The third-order valence-corrected chi connectivity index (χ3v) is 2.19. The number of nitrogens with one attached hydrogen (secondary N) is 1. The van der Waals surface area contributed by atoms with Crippen molar-refractivity contribution < 1.29 is 22.8 Å². The number of hydrogen-bond donors (Lipinski definition) is 1. The predicted molar refractivity (Wildman–Crippen MR) is 38.6 cm³/mol. The molecule has 74 valence electrons. The molecule has 0 aromatic rings. The molecule has 0 bridgehead atoms. The number of fused-ring (bicyclic) bond motifs is 1. The number of Topliss-reactive ketones (excluding diaryl/α,β-unsaturated/α-hetero) is 1. The lowest BCUT2D eigenvalue weighted by molar-refractivity contribution is -0.136. The van der Waals surface area contributed by atoms with Crippen LogP contribution in [0, 0.1) is 5.92 Å². The van der Waals surface area contributed by atoms with Crippen LogP contribution >= 0.6 is 0 Å². The summed E-state index contributed by atoms with van der Waals surface area (Å²) in [6, 6.07) is 0. The first-order chi connectivity index (χ1) is 6.52. The summed E-state index contributed by atoms with van der Waals surface area (Å²) in [6.07, 6.45) is -0.591. The number of halogens is 3. The summed E-state index contributed by atoms with van der Waals surface area (Å²) in [6.45, 7) is 0. The van der Waals surface area contributed by atoms with Crippen LogP contribution in [-0.4, -0.2) is 11.7 Å². The van der Waals surface area contributed by atoms with E-state index in [4.69, 9.17) is 0 Å². The largest absolute Gasteiger partial charge is 0.320 e. The Balaban J connectivity index is 2.51. The molecule has 14 heavy (non-hydrogen) atoms. The van der Waals surface area contributed by atoms with Gasteiger partial charge in [-0.2, -0.15) is 0 Å². The zero-order valence-electron chi connectivity index (χ0n) is 6.73.